The van der Waals surface area contributed by atoms with Crippen molar-refractivity contribution in [1.29, 1.82) is 0 Å². The molecule has 108 valence electrons. The van der Waals surface area contributed by atoms with E-state index in [0.29, 0.717) is 24.8 Å². The third kappa shape index (κ3) is 3.26. The average Bonchev–Trinajstić information content (AvgIpc) is 2.83. The molecule has 1 heterocycles. The molecule has 3 atom stereocenters. The normalized spacial score (nSPS) is 30.6. The summed E-state index contributed by atoms with van der Waals surface area (Å²) in [7, 11) is 0. The molecule has 5 heteroatoms. The lowest BCUT2D eigenvalue weighted by molar-refractivity contribution is -0.144. The number of carbonyl (C=O) groups is 2. The number of carbonyl (C=O) groups excluding carboxylic acids is 1. The molecule has 2 fully saturated rings. The van der Waals surface area contributed by atoms with Crippen LogP contribution in [-0.4, -0.2) is 47.1 Å². The molecule has 0 bridgehead atoms. The van der Waals surface area contributed by atoms with Crippen LogP contribution in [0.15, 0.2) is 0 Å². The van der Waals surface area contributed by atoms with Gasteiger partial charge in [0.15, 0.2) is 0 Å². The van der Waals surface area contributed by atoms with Crippen LogP contribution in [0.2, 0.25) is 0 Å². The minimum atomic E-state index is -0.723. The first-order valence-electron chi connectivity index (χ1n) is 7.25. The molecular formula is C14H24N2O3. The number of hydrogen-bond donors (Lipinski definition) is 2. The second-order valence-corrected chi connectivity index (χ2v) is 6.11. The number of likely N-dealkylation sites (tertiary alicyclic amines) is 1. The van der Waals surface area contributed by atoms with Crippen molar-refractivity contribution in [1.82, 2.24) is 10.2 Å². The zero-order valence-electron chi connectivity index (χ0n) is 11.8. The van der Waals surface area contributed by atoms with Crippen molar-refractivity contribution >= 4 is 11.9 Å². The average molecular weight is 268 g/mol. The summed E-state index contributed by atoms with van der Waals surface area (Å²) in [6, 6.07) is -0.236. The second kappa shape index (κ2) is 5.90. The van der Waals surface area contributed by atoms with Crippen LogP contribution in [0.3, 0.4) is 0 Å². The summed E-state index contributed by atoms with van der Waals surface area (Å²) in [6.07, 6.45) is 3.71. The molecule has 1 saturated carbocycles. The highest BCUT2D eigenvalue weighted by atomic mass is 16.4. The Morgan fingerprint density at radius 3 is 2.74 bits per heavy atom. The lowest BCUT2D eigenvalue weighted by Gasteiger charge is -2.24. The topological polar surface area (TPSA) is 69.6 Å². The van der Waals surface area contributed by atoms with Crippen molar-refractivity contribution in [2.45, 2.75) is 51.6 Å². The number of hydrogen-bond acceptors (Lipinski definition) is 3. The summed E-state index contributed by atoms with van der Waals surface area (Å²) >= 11 is 0. The van der Waals surface area contributed by atoms with E-state index in [1.54, 1.807) is 0 Å². The molecule has 0 aromatic rings. The lowest BCUT2D eigenvalue weighted by Crippen LogP contribution is -2.42. The molecule has 0 aromatic carbocycles. The molecule has 1 aliphatic heterocycles. The largest absolute Gasteiger partial charge is 0.480 e. The first kappa shape index (κ1) is 14.3. The van der Waals surface area contributed by atoms with Gasteiger partial charge in [0.05, 0.1) is 0 Å². The number of nitrogens with one attached hydrogen (secondary N) is 1. The van der Waals surface area contributed by atoms with Gasteiger partial charge in [0.25, 0.3) is 0 Å². The number of aliphatic carboxylic acids is 1. The summed E-state index contributed by atoms with van der Waals surface area (Å²) in [5.41, 5.74) is 0. The fraction of sp³-hybridized carbons (Fsp3) is 0.857. The van der Waals surface area contributed by atoms with E-state index in [1.807, 2.05) is 18.7 Å². The molecule has 1 aliphatic carbocycles. The maximum atomic E-state index is 11.6. The van der Waals surface area contributed by atoms with Gasteiger partial charge < -0.3 is 10.4 Å². The summed E-state index contributed by atoms with van der Waals surface area (Å²) in [6.45, 7) is 5.26. The minimum absolute atomic E-state index is 0.0104. The smallest absolute Gasteiger partial charge is 0.321 e. The Morgan fingerprint density at radius 2 is 2.11 bits per heavy atom. The SMILES string of the molecule is CC(C)NC(=O)CCN1CC2CCCC2C1C(=O)O. The van der Waals surface area contributed by atoms with Gasteiger partial charge in [-0.2, -0.15) is 0 Å². The highest BCUT2D eigenvalue weighted by Crippen LogP contribution is 2.42. The summed E-state index contributed by atoms with van der Waals surface area (Å²) in [4.78, 5) is 25.1. The molecule has 0 aromatic heterocycles. The van der Waals surface area contributed by atoms with E-state index in [-0.39, 0.29) is 18.0 Å². The summed E-state index contributed by atoms with van der Waals surface area (Å²) in [5, 5.41) is 12.2. The van der Waals surface area contributed by atoms with Crippen molar-refractivity contribution in [3.05, 3.63) is 0 Å². The van der Waals surface area contributed by atoms with Crippen LogP contribution in [-0.2, 0) is 9.59 Å². The van der Waals surface area contributed by atoms with Crippen molar-refractivity contribution in [2.24, 2.45) is 11.8 Å². The molecule has 5 nitrogen and oxygen atoms in total. The Morgan fingerprint density at radius 1 is 1.37 bits per heavy atom. The zero-order valence-corrected chi connectivity index (χ0v) is 11.8. The van der Waals surface area contributed by atoms with Gasteiger partial charge in [-0.15, -0.1) is 0 Å². The first-order valence-corrected chi connectivity index (χ1v) is 7.25. The standard InChI is InChI=1S/C14H24N2O3/c1-9(2)15-12(17)6-7-16-8-10-4-3-5-11(10)13(16)14(18)19/h9-11,13H,3-8H2,1-2H3,(H,15,17)(H,18,19). The predicted octanol–water partition coefficient (Wildman–Crippen LogP) is 1.09. The minimum Gasteiger partial charge on any atom is -0.480 e. The lowest BCUT2D eigenvalue weighted by atomic mass is 9.94. The fourth-order valence-electron chi connectivity index (χ4n) is 3.60. The Labute approximate surface area is 114 Å². The van der Waals surface area contributed by atoms with Gasteiger partial charge >= 0.3 is 5.97 Å². The van der Waals surface area contributed by atoms with Crippen LogP contribution in [0, 0.1) is 11.8 Å². The molecule has 2 aliphatic rings. The quantitative estimate of drug-likeness (QED) is 0.783. The summed E-state index contributed by atoms with van der Waals surface area (Å²) < 4.78 is 0. The molecule has 1 amide bonds. The third-order valence-corrected chi connectivity index (χ3v) is 4.31. The number of rotatable bonds is 5. The first-order chi connectivity index (χ1) is 8.99. The Hall–Kier alpha value is -1.10. The summed E-state index contributed by atoms with van der Waals surface area (Å²) in [5.74, 6) is 0.106. The second-order valence-electron chi connectivity index (χ2n) is 6.11. The van der Waals surface area contributed by atoms with Gasteiger partial charge in [-0.3, -0.25) is 14.5 Å². The van der Waals surface area contributed by atoms with Gasteiger partial charge in [-0.1, -0.05) is 6.42 Å². The number of fused-ring (bicyclic) bond motifs is 1. The Bertz CT molecular complexity index is 357. The Kier molecular flexibility index (Phi) is 4.45. The monoisotopic (exact) mass is 268 g/mol. The number of carboxylic acids is 1. The van der Waals surface area contributed by atoms with Crippen molar-refractivity contribution in [2.75, 3.05) is 13.1 Å². The molecule has 0 radical (unpaired) electrons. The van der Waals surface area contributed by atoms with Crippen LogP contribution >= 0.6 is 0 Å². The van der Waals surface area contributed by atoms with E-state index in [9.17, 15) is 14.7 Å². The fourth-order valence-corrected chi connectivity index (χ4v) is 3.60. The number of carboxylic acid groups (broad SMARTS) is 1. The Balaban J connectivity index is 1.89. The number of amides is 1. The molecule has 2 rings (SSSR count). The van der Waals surface area contributed by atoms with Gasteiger partial charge in [-0.05, 0) is 38.5 Å². The van der Waals surface area contributed by atoms with E-state index in [1.165, 1.54) is 0 Å². The van der Waals surface area contributed by atoms with Crippen molar-refractivity contribution in [3.63, 3.8) is 0 Å². The van der Waals surface area contributed by atoms with E-state index >= 15 is 0 Å². The van der Waals surface area contributed by atoms with Crippen LogP contribution in [0.4, 0.5) is 0 Å². The maximum absolute atomic E-state index is 11.6. The van der Waals surface area contributed by atoms with Gasteiger partial charge in [0.2, 0.25) is 5.91 Å². The van der Waals surface area contributed by atoms with Gasteiger partial charge in [0, 0.05) is 25.6 Å². The van der Waals surface area contributed by atoms with Crippen LogP contribution in [0.1, 0.15) is 39.5 Å². The zero-order chi connectivity index (χ0) is 14.0. The van der Waals surface area contributed by atoms with Crippen molar-refractivity contribution < 1.29 is 14.7 Å². The maximum Gasteiger partial charge on any atom is 0.321 e. The van der Waals surface area contributed by atoms with E-state index in [4.69, 9.17) is 0 Å². The van der Waals surface area contributed by atoms with E-state index in [0.717, 1.165) is 25.8 Å². The molecule has 1 saturated heterocycles. The van der Waals surface area contributed by atoms with Crippen LogP contribution in [0.5, 0.6) is 0 Å². The third-order valence-electron chi connectivity index (χ3n) is 4.31. The van der Waals surface area contributed by atoms with Crippen LogP contribution < -0.4 is 5.32 Å². The van der Waals surface area contributed by atoms with E-state index in [2.05, 4.69) is 5.32 Å². The highest BCUT2D eigenvalue weighted by Gasteiger charge is 2.47. The predicted molar refractivity (Wildman–Crippen MR) is 71.7 cm³/mol. The molecule has 3 unspecified atom stereocenters. The van der Waals surface area contributed by atoms with Crippen molar-refractivity contribution in [3.8, 4) is 0 Å². The van der Waals surface area contributed by atoms with Gasteiger partial charge in [-0.25, -0.2) is 0 Å². The molecule has 19 heavy (non-hydrogen) atoms. The molecule has 2 N–H and O–H groups in total. The molecule has 0 spiro atoms. The highest BCUT2D eigenvalue weighted by molar-refractivity contribution is 5.77. The van der Waals surface area contributed by atoms with Crippen LogP contribution in [0.25, 0.3) is 0 Å². The molecular weight excluding hydrogens is 244 g/mol. The number of nitrogens with zero attached hydrogens (tertiary/aromatic N) is 1. The van der Waals surface area contributed by atoms with E-state index < -0.39 is 5.97 Å². The van der Waals surface area contributed by atoms with Gasteiger partial charge in [0.1, 0.15) is 6.04 Å².